The molecule has 1 unspecified atom stereocenters. The first kappa shape index (κ1) is 9.26. The van der Waals surface area contributed by atoms with E-state index in [2.05, 4.69) is 25.9 Å². The summed E-state index contributed by atoms with van der Waals surface area (Å²) in [5, 5.41) is 3.88. The Labute approximate surface area is 72.9 Å². The van der Waals surface area contributed by atoms with Crippen LogP contribution in [0.15, 0.2) is 10.6 Å². The highest BCUT2D eigenvalue weighted by Gasteiger charge is 2.20. The third kappa shape index (κ3) is 1.85. The summed E-state index contributed by atoms with van der Waals surface area (Å²) < 4.78 is 5.16. The number of nitrogens with two attached hydrogens (primary N) is 1. The van der Waals surface area contributed by atoms with Gasteiger partial charge in [0.25, 0.3) is 0 Å². The molecule has 2 N–H and O–H groups in total. The summed E-state index contributed by atoms with van der Waals surface area (Å²) in [4.78, 5) is 0. The van der Waals surface area contributed by atoms with Gasteiger partial charge in [-0.3, -0.25) is 0 Å². The molecule has 0 aliphatic heterocycles. The standard InChI is InChI=1S/C9H16N2O/c1-6(10)7-5-8(12-11-7)9(2,3)4/h5-6H,10H2,1-4H3. The van der Waals surface area contributed by atoms with Gasteiger partial charge in [0.15, 0.2) is 0 Å². The molecule has 0 amide bonds. The minimum absolute atomic E-state index is 0.0140. The fourth-order valence-corrected chi connectivity index (χ4v) is 0.857. The van der Waals surface area contributed by atoms with Crippen molar-refractivity contribution in [1.29, 1.82) is 0 Å². The van der Waals surface area contributed by atoms with Gasteiger partial charge in [-0.15, -0.1) is 0 Å². The lowest BCUT2D eigenvalue weighted by Gasteiger charge is -2.12. The molecule has 3 nitrogen and oxygen atoms in total. The highest BCUT2D eigenvalue weighted by molar-refractivity contribution is 5.14. The van der Waals surface area contributed by atoms with E-state index in [-0.39, 0.29) is 11.5 Å². The number of hydrogen-bond acceptors (Lipinski definition) is 3. The summed E-state index contributed by atoms with van der Waals surface area (Å²) in [5.74, 6) is 0.884. The van der Waals surface area contributed by atoms with E-state index in [1.807, 2.05) is 13.0 Å². The van der Waals surface area contributed by atoms with Gasteiger partial charge in [0.2, 0.25) is 0 Å². The minimum atomic E-state index is -0.0511. The maximum atomic E-state index is 5.65. The lowest BCUT2D eigenvalue weighted by Crippen LogP contribution is -2.09. The molecule has 0 saturated carbocycles. The summed E-state index contributed by atoms with van der Waals surface area (Å²) >= 11 is 0. The van der Waals surface area contributed by atoms with Gasteiger partial charge in [0.1, 0.15) is 11.5 Å². The molecule has 0 saturated heterocycles. The van der Waals surface area contributed by atoms with Crippen molar-refractivity contribution in [2.45, 2.75) is 39.2 Å². The Morgan fingerprint density at radius 1 is 1.50 bits per heavy atom. The minimum Gasteiger partial charge on any atom is -0.361 e. The van der Waals surface area contributed by atoms with Crippen LogP contribution in [0.1, 0.15) is 45.2 Å². The van der Waals surface area contributed by atoms with Crippen LogP contribution in [0.2, 0.25) is 0 Å². The van der Waals surface area contributed by atoms with Crippen LogP contribution in [-0.4, -0.2) is 5.16 Å². The first-order valence-corrected chi connectivity index (χ1v) is 4.14. The Bertz CT molecular complexity index is 258. The zero-order chi connectivity index (χ0) is 9.35. The second kappa shape index (κ2) is 2.90. The smallest absolute Gasteiger partial charge is 0.142 e. The van der Waals surface area contributed by atoms with Crippen LogP contribution in [-0.2, 0) is 5.41 Å². The molecule has 12 heavy (non-hydrogen) atoms. The van der Waals surface area contributed by atoms with E-state index in [4.69, 9.17) is 10.3 Å². The molecule has 1 aromatic rings. The van der Waals surface area contributed by atoms with Crippen LogP contribution in [0.25, 0.3) is 0 Å². The summed E-state index contributed by atoms with van der Waals surface area (Å²) in [6.45, 7) is 8.14. The molecule has 1 rings (SSSR count). The fourth-order valence-electron chi connectivity index (χ4n) is 0.857. The summed E-state index contributed by atoms with van der Waals surface area (Å²) in [6, 6.07) is 1.87. The van der Waals surface area contributed by atoms with Crippen LogP contribution >= 0.6 is 0 Å². The maximum Gasteiger partial charge on any atom is 0.142 e. The number of rotatable bonds is 1. The average Bonchev–Trinajstić information content (AvgIpc) is 2.30. The SMILES string of the molecule is CC(N)c1cc(C(C)(C)C)on1. The van der Waals surface area contributed by atoms with Gasteiger partial charge in [-0.05, 0) is 6.92 Å². The van der Waals surface area contributed by atoms with Crippen molar-refractivity contribution in [2.75, 3.05) is 0 Å². The third-order valence-electron chi connectivity index (χ3n) is 1.73. The summed E-state index contributed by atoms with van der Waals surface area (Å²) in [6.07, 6.45) is 0. The lowest BCUT2D eigenvalue weighted by molar-refractivity contribution is 0.324. The summed E-state index contributed by atoms with van der Waals surface area (Å²) in [7, 11) is 0. The zero-order valence-electron chi connectivity index (χ0n) is 8.09. The largest absolute Gasteiger partial charge is 0.361 e. The molecule has 1 heterocycles. The molecule has 3 heteroatoms. The van der Waals surface area contributed by atoms with Crippen molar-refractivity contribution in [3.8, 4) is 0 Å². The second-order valence-corrected chi connectivity index (χ2v) is 4.15. The quantitative estimate of drug-likeness (QED) is 0.697. The van der Waals surface area contributed by atoms with Crippen molar-refractivity contribution in [2.24, 2.45) is 5.73 Å². The molecule has 0 aromatic carbocycles. The molecule has 0 aliphatic carbocycles. The van der Waals surface area contributed by atoms with Crippen molar-refractivity contribution >= 4 is 0 Å². The van der Waals surface area contributed by atoms with E-state index in [1.54, 1.807) is 0 Å². The van der Waals surface area contributed by atoms with Gasteiger partial charge in [0, 0.05) is 17.5 Å². The Morgan fingerprint density at radius 2 is 2.08 bits per heavy atom. The van der Waals surface area contributed by atoms with E-state index >= 15 is 0 Å². The van der Waals surface area contributed by atoms with Crippen LogP contribution in [0.3, 0.4) is 0 Å². The molecule has 0 bridgehead atoms. The van der Waals surface area contributed by atoms with Gasteiger partial charge in [0.05, 0.1) is 0 Å². The Hall–Kier alpha value is -0.830. The number of aromatic nitrogens is 1. The monoisotopic (exact) mass is 168 g/mol. The highest BCUT2D eigenvalue weighted by atomic mass is 16.5. The molecule has 0 spiro atoms. The molecular formula is C9H16N2O. The molecule has 0 fully saturated rings. The molecule has 1 atom stereocenters. The predicted molar refractivity (Wildman–Crippen MR) is 47.8 cm³/mol. The van der Waals surface area contributed by atoms with Crippen LogP contribution in [0, 0.1) is 0 Å². The third-order valence-corrected chi connectivity index (χ3v) is 1.73. The molecule has 0 aliphatic rings. The van der Waals surface area contributed by atoms with Crippen LogP contribution in [0.4, 0.5) is 0 Å². The fraction of sp³-hybridized carbons (Fsp3) is 0.667. The first-order chi connectivity index (χ1) is 5.41. The van der Waals surface area contributed by atoms with E-state index < -0.39 is 0 Å². The first-order valence-electron chi connectivity index (χ1n) is 4.14. The lowest BCUT2D eigenvalue weighted by atomic mass is 9.93. The van der Waals surface area contributed by atoms with E-state index in [9.17, 15) is 0 Å². The van der Waals surface area contributed by atoms with Gasteiger partial charge < -0.3 is 10.3 Å². The molecule has 68 valence electrons. The van der Waals surface area contributed by atoms with Gasteiger partial charge in [-0.2, -0.15) is 0 Å². The average molecular weight is 168 g/mol. The predicted octanol–water partition coefficient (Wildman–Crippen LogP) is 1.99. The van der Waals surface area contributed by atoms with Crippen molar-refractivity contribution in [3.05, 3.63) is 17.5 Å². The second-order valence-electron chi connectivity index (χ2n) is 4.15. The normalized spacial score (nSPS) is 14.8. The zero-order valence-corrected chi connectivity index (χ0v) is 8.09. The Kier molecular flexibility index (Phi) is 2.24. The van der Waals surface area contributed by atoms with E-state index in [1.165, 1.54) is 0 Å². The maximum absolute atomic E-state index is 5.65. The van der Waals surface area contributed by atoms with E-state index in [0.717, 1.165) is 11.5 Å². The van der Waals surface area contributed by atoms with Gasteiger partial charge in [-0.25, -0.2) is 0 Å². The van der Waals surface area contributed by atoms with E-state index in [0.29, 0.717) is 0 Å². The van der Waals surface area contributed by atoms with Crippen LogP contribution < -0.4 is 5.73 Å². The van der Waals surface area contributed by atoms with Gasteiger partial charge in [-0.1, -0.05) is 25.9 Å². The van der Waals surface area contributed by atoms with Gasteiger partial charge >= 0.3 is 0 Å². The van der Waals surface area contributed by atoms with Crippen LogP contribution in [0.5, 0.6) is 0 Å². The Morgan fingerprint density at radius 3 is 2.33 bits per heavy atom. The topological polar surface area (TPSA) is 52.0 Å². The Balaban J connectivity index is 2.92. The van der Waals surface area contributed by atoms with Crippen molar-refractivity contribution < 1.29 is 4.52 Å². The van der Waals surface area contributed by atoms with Crippen molar-refractivity contribution in [1.82, 2.24) is 5.16 Å². The molecule has 1 aromatic heterocycles. The molecule has 0 radical (unpaired) electrons. The van der Waals surface area contributed by atoms with Crippen molar-refractivity contribution in [3.63, 3.8) is 0 Å². The highest BCUT2D eigenvalue weighted by Crippen LogP contribution is 2.23. The molecular weight excluding hydrogens is 152 g/mol. The number of nitrogens with zero attached hydrogens (tertiary/aromatic N) is 1. The summed E-state index contributed by atoms with van der Waals surface area (Å²) in [5.41, 5.74) is 6.48. The number of hydrogen-bond donors (Lipinski definition) is 1.